The van der Waals surface area contributed by atoms with Gasteiger partial charge in [-0.1, -0.05) is 6.92 Å². The van der Waals surface area contributed by atoms with Crippen molar-refractivity contribution < 1.29 is 4.92 Å². The average Bonchev–Trinajstić information content (AvgIpc) is 2.26. The summed E-state index contributed by atoms with van der Waals surface area (Å²) in [4.78, 5) is 11.1. The van der Waals surface area contributed by atoms with Crippen LogP contribution in [0.15, 0.2) is 23.1 Å². The summed E-state index contributed by atoms with van der Waals surface area (Å²) in [5.41, 5.74) is 5.73. The molecule has 0 fully saturated rings. The summed E-state index contributed by atoms with van der Waals surface area (Å²) in [7, 11) is 0. The fraction of sp³-hybridized carbons (Fsp3) is 0.400. The first-order valence-electron chi connectivity index (χ1n) is 4.89. The van der Waals surface area contributed by atoms with Gasteiger partial charge >= 0.3 is 0 Å². The van der Waals surface area contributed by atoms with E-state index in [0.29, 0.717) is 0 Å². The number of hydrogen-bond acceptors (Lipinski definition) is 5. The van der Waals surface area contributed by atoms with Crippen molar-refractivity contribution in [1.82, 2.24) is 0 Å². The Morgan fingerprint density at radius 1 is 1.44 bits per heavy atom. The van der Waals surface area contributed by atoms with E-state index in [1.807, 2.05) is 17.8 Å². The summed E-state index contributed by atoms with van der Waals surface area (Å²) in [6.07, 6.45) is 0. The van der Waals surface area contributed by atoms with E-state index in [9.17, 15) is 10.1 Å². The molecule has 4 nitrogen and oxygen atoms in total. The third kappa shape index (κ3) is 3.94. The van der Waals surface area contributed by atoms with Crippen LogP contribution in [0, 0.1) is 10.1 Å². The molecule has 1 aromatic rings. The van der Waals surface area contributed by atoms with E-state index < -0.39 is 4.92 Å². The lowest BCUT2D eigenvalue weighted by Gasteiger charge is -2.02. The monoisotopic (exact) mass is 258 g/mol. The molecule has 0 aliphatic heterocycles. The second-order valence-electron chi connectivity index (χ2n) is 3.02. The summed E-state index contributed by atoms with van der Waals surface area (Å²) in [5.74, 6) is 3.11. The lowest BCUT2D eigenvalue weighted by molar-refractivity contribution is -0.384. The van der Waals surface area contributed by atoms with Gasteiger partial charge in [-0.15, -0.1) is 11.8 Å². The van der Waals surface area contributed by atoms with E-state index >= 15 is 0 Å². The maximum atomic E-state index is 10.7. The van der Waals surface area contributed by atoms with Crippen LogP contribution in [0.25, 0.3) is 0 Å². The van der Waals surface area contributed by atoms with E-state index in [-0.39, 0.29) is 11.4 Å². The van der Waals surface area contributed by atoms with Gasteiger partial charge < -0.3 is 5.73 Å². The van der Waals surface area contributed by atoms with E-state index in [1.165, 1.54) is 6.07 Å². The lowest BCUT2D eigenvalue weighted by Crippen LogP contribution is -1.95. The molecule has 2 N–H and O–H groups in total. The summed E-state index contributed by atoms with van der Waals surface area (Å²) in [6, 6.07) is 4.95. The molecule has 88 valence electrons. The number of thioether (sulfide) groups is 2. The Morgan fingerprint density at radius 2 is 2.19 bits per heavy atom. The van der Waals surface area contributed by atoms with Gasteiger partial charge in [0.1, 0.15) is 5.69 Å². The molecule has 0 unspecified atom stereocenters. The predicted octanol–water partition coefficient (Wildman–Crippen LogP) is 3.02. The van der Waals surface area contributed by atoms with Crippen LogP contribution in [0.5, 0.6) is 0 Å². The summed E-state index contributed by atoms with van der Waals surface area (Å²) < 4.78 is 0. The molecule has 0 saturated heterocycles. The molecular formula is C10H14N2O2S2. The van der Waals surface area contributed by atoms with Gasteiger partial charge in [-0.2, -0.15) is 11.8 Å². The first kappa shape index (κ1) is 13.2. The molecule has 0 amide bonds. The van der Waals surface area contributed by atoms with Crippen LogP contribution < -0.4 is 5.73 Å². The summed E-state index contributed by atoms with van der Waals surface area (Å²) >= 11 is 3.48. The second kappa shape index (κ2) is 6.65. The fourth-order valence-electron chi connectivity index (χ4n) is 1.13. The van der Waals surface area contributed by atoms with E-state index in [0.717, 1.165) is 22.2 Å². The SMILES string of the molecule is CCSCCSc1ccc(N)c([N+](=O)[O-])c1. The number of nitro benzene ring substituents is 1. The Kier molecular flexibility index (Phi) is 5.48. The molecule has 0 bridgehead atoms. The van der Waals surface area contributed by atoms with E-state index in [2.05, 4.69) is 6.92 Å². The third-order valence-corrected chi connectivity index (χ3v) is 4.05. The van der Waals surface area contributed by atoms with Gasteiger partial charge in [0.15, 0.2) is 0 Å². The molecule has 6 heteroatoms. The van der Waals surface area contributed by atoms with Crippen molar-refractivity contribution in [2.24, 2.45) is 0 Å². The Balaban J connectivity index is 2.61. The van der Waals surface area contributed by atoms with Gasteiger partial charge in [-0.05, 0) is 17.9 Å². The van der Waals surface area contributed by atoms with Crippen LogP contribution in [0.1, 0.15) is 6.92 Å². The quantitative estimate of drug-likeness (QED) is 0.279. The highest BCUT2D eigenvalue weighted by Gasteiger charge is 2.11. The van der Waals surface area contributed by atoms with Gasteiger partial charge in [0.05, 0.1) is 4.92 Å². The number of rotatable bonds is 6. The Bertz CT molecular complexity index is 372. The van der Waals surface area contributed by atoms with Crippen LogP contribution in [0.2, 0.25) is 0 Å². The normalized spacial score (nSPS) is 10.3. The van der Waals surface area contributed by atoms with Crippen molar-refractivity contribution in [3.05, 3.63) is 28.3 Å². The molecule has 0 spiro atoms. The average molecular weight is 258 g/mol. The number of hydrogen-bond donors (Lipinski definition) is 1. The third-order valence-electron chi connectivity index (χ3n) is 1.90. The zero-order valence-electron chi connectivity index (χ0n) is 9.01. The van der Waals surface area contributed by atoms with E-state index in [4.69, 9.17) is 5.73 Å². The van der Waals surface area contributed by atoms with Gasteiger partial charge in [-0.3, -0.25) is 10.1 Å². The van der Waals surface area contributed by atoms with Crippen molar-refractivity contribution >= 4 is 34.9 Å². The van der Waals surface area contributed by atoms with Gasteiger partial charge in [0, 0.05) is 22.5 Å². The van der Waals surface area contributed by atoms with Crippen molar-refractivity contribution in [3.63, 3.8) is 0 Å². The first-order chi connectivity index (χ1) is 7.65. The molecule has 0 saturated carbocycles. The van der Waals surface area contributed by atoms with Crippen LogP contribution in [-0.2, 0) is 0 Å². The van der Waals surface area contributed by atoms with Crippen LogP contribution >= 0.6 is 23.5 Å². The van der Waals surface area contributed by atoms with Gasteiger partial charge in [0.2, 0.25) is 0 Å². The highest BCUT2D eigenvalue weighted by atomic mass is 32.2. The number of nitrogens with two attached hydrogens (primary N) is 1. The van der Waals surface area contributed by atoms with Crippen molar-refractivity contribution in [2.75, 3.05) is 23.0 Å². The predicted molar refractivity (Wildman–Crippen MR) is 71.2 cm³/mol. The molecule has 0 aliphatic rings. The minimum atomic E-state index is -0.444. The molecular weight excluding hydrogens is 244 g/mol. The number of anilines is 1. The molecule has 16 heavy (non-hydrogen) atoms. The van der Waals surface area contributed by atoms with Crippen LogP contribution in [0.3, 0.4) is 0 Å². The minimum absolute atomic E-state index is 0.00635. The Morgan fingerprint density at radius 3 is 2.81 bits per heavy atom. The molecule has 1 aromatic carbocycles. The molecule has 0 aliphatic carbocycles. The first-order valence-corrected chi connectivity index (χ1v) is 7.03. The van der Waals surface area contributed by atoms with Crippen molar-refractivity contribution in [2.45, 2.75) is 11.8 Å². The zero-order chi connectivity index (χ0) is 12.0. The van der Waals surface area contributed by atoms with E-state index in [1.54, 1.807) is 17.8 Å². The molecule has 0 atom stereocenters. The maximum absolute atomic E-state index is 10.7. The topological polar surface area (TPSA) is 69.2 Å². The summed E-state index contributed by atoms with van der Waals surface area (Å²) in [6.45, 7) is 2.11. The highest BCUT2D eigenvalue weighted by molar-refractivity contribution is 8.02. The molecule has 1 rings (SSSR count). The minimum Gasteiger partial charge on any atom is -0.393 e. The van der Waals surface area contributed by atoms with Gasteiger partial charge in [-0.25, -0.2) is 0 Å². The number of nitro groups is 1. The van der Waals surface area contributed by atoms with Gasteiger partial charge in [0.25, 0.3) is 5.69 Å². The van der Waals surface area contributed by atoms with Crippen LogP contribution in [0.4, 0.5) is 11.4 Å². The number of nitrogen functional groups attached to an aromatic ring is 1. The standard InChI is InChI=1S/C10H14N2O2S2/c1-2-15-5-6-16-8-3-4-9(11)10(7-8)12(13)14/h3-4,7H,2,5-6,11H2,1H3. The molecule has 0 aromatic heterocycles. The van der Waals surface area contributed by atoms with Crippen LogP contribution in [-0.4, -0.2) is 22.2 Å². The Hall–Kier alpha value is -0.880. The number of nitrogens with zero attached hydrogens (tertiary/aromatic N) is 1. The molecule has 0 heterocycles. The molecule has 0 radical (unpaired) electrons. The van der Waals surface area contributed by atoms with Crippen molar-refractivity contribution in [3.8, 4) is 0 Å². The second-order valence-corrected chi connectivity index (χ2v) is 5.59. The van der Waals surface area contributed by atoms with Crippen molar-refractivity contribution in [1.29, 1.82) is 0 Å². The Labute approximate surface area is 103 Å². The lowest BCUT2D eigenvalue weighted by atomic mass is 10.3. The maximum Gasteiger partial charge on any atom is 0.293 e. The zero-order valence-corrected chi connectivity index (χ0v) is 10.6. The number of benzene rings is 1. The smallest absolute Gasteiger partial charge is 0.293 e. The summed E-state index contributed by atoms with van der Waals surface area (Å²) in [5, 5.41) is 10.7. The highest BCUT2D eigenvalue weighted by Crippen LogP contribution is 2.28. The fourth-order valence-corrected chi connectivity index (χ4v) is 2.82. The largest absolute Gasteiger partial charge is 0.393 e.